The van der Waals surface area contributed by atoms with E-state index < -0.39 is 40.9 Å². The van der Waals surface area contributed by atoms with Crippen molar-refractivity contribution in [1.82, 2.24) is 19.9 Å². The highest BCUT2D eigenvalue weighted by atomic mass is 32.2. The number of nitrogens with one attached hydrogen (secondary N) is 2. The van der Waals surface area contributed by atoms with Crippen LogP contribution in [0.15, 0.2) is 23.2 Å². The number of aromatic amines is 1. The highest BCUT2D eigenvalue weighted by Gasteiger charge is 2.45. The molecule has 0 aliphatic heterocycles. The zero-order valence-electron chi connectivity index (χ0n) is 15.4. The van der Waals surface area contributed by atoms with Crippen LogP contribution in [0.3, 0.4) is 0 Å². The second-order valence-electron chi connectivity index (χ2n) is 5.84. The van der Waals surface area contributed by atoms with Crippen molar-refractivity contribution in [2.45, 2.75) is 24.0 Å². The highest BCUT2D eigenvalue weighted by Crippen LogP contribution is 2.38. The molecule has 29 heavy (non-hydrogen) atoms. The fourth-order valence-corrected chi connectivity index (χ4v) is 3.45. The number of halogens is 2. The van der Waals surface area contributed by atoms with Crippen LogP contribution in [0.1, 0.15) is 11.3 Å². The lowest BCUT2D eigenvalue weighted by molar-refractivity contribution is -0.250. The summed E-state index contributed by atoms with van der Waals surface area (Å²) < 4.78 is 51.1. The molecule has 3 aromatic rings. The minimum atomic E-state index is -3.62. The number of aryl methyl sites for hydroxylation is 1. The first kappa shape index (κ1) is 21.0. The van der Waals surface area contributed by atoms with Crippen molar-refractivity contribution in [3.8, 4) is 11.8 Å². The SMILES string of the molecule is COc1nc(N[S+]([O-])c2c[nH]c3nc(C)ccc23)nc(OC)c1C(O)(O)C(F)F. The van der Waals surface area contributed by atoms with Gasteiger partial charge in [0.25, 0.3) is 18.2 Å². The van der Waals surface area contributed by atoms with Crippen LogP contribution in [0.25, 0.3) is 11.0 Å². The molecule has 10 nitrogen and oxygen atoms in total. The number of methoxy groups -OCH3 is 2. The van der Waals surface area contributed by atoms with Gasteiger partial charge in [-0.3, -0.25) is 0 Å². The van der Waals surface area contributed by atoms with Crippen LogP contribution in [-0.4, -0.2) is 55.3 Å². The lowest BCUT2D eigenvalue weighted by atomic mass is 10.1. The lowest BCUT2D eigenvalue weighted by Crippen LogP contribution is -2.35. The molecular formula is C16H17F2N5O5S. The van der Waals surface area contributed by atoms with Gasteiger partial charge < -0.3 is 29.2 Å². The number of ether oxygens (including phenoxy) is 2. The molecule has 156 valence electrons. The number of fused-ring (bicyclic) bond motifs is 1. The minimum Gasteiger partial charge on any atom is -0.588 e. The summed E-state index contributed by atoms with van der Waals surface area (Å²) in [5.74, 6) is -5.09. The summed E-state index contributed by atoms with van der Waals surface area (Å²) in [4.78, 5) is 15.1. The van der Waals surface area contributed by atoms with E-state index in [0.717, 1.165) is 19.9 Å². The Balaban J connectivity index is 1.98. The highest BCUT2D eigenvalue weighted by molar-refractivity contribution is 7.93. The average molecular weight is 429 g/mol. The summed E-state index contributed by atoms with van der Waals surface area (Å²) in [6, 6.07) is 3.49. The number of hydrogen-bond donors (Lipinski definition) is 4. The van der Waals surface area contributed by atoms with Gasteiger partial charge in [0.05, 0.1) is 25.8 Å². The van der Waals surface area contributed by atoms with Gasteiger partial charge in [-0.25, -0.2) is 13.8 Å². The Morgan fingerprint density at radius 3 is 2.34 bits per heavy atom. The fourth-order valence-electron chi connectivity index (χ4n) is 2.55. The summed E-state index contributed by atoms with van der Waals surface area (Å²) in [7, 11) is 2.17. The zero-order valence-corrected chi connectivity index (χ0v) is 16.3. The molecule has 0 fully saturated rings. The number of aliphatic hydroxyl groups is 2. The number of hydrogen-bond acceptors (Lipinski definition) is 9. The van der Waals surface area contributed by atoms with Gasteiger partial charge in [0, 0.05) is 5.69 Å². The Kier molecular flexibility index (Phi) is 5.75. The van der Waals surface area contributed by atoms with Crippen molar-refractivity contribution in [2.24, 2.45) is 0 Å². The van der Waals surface area contributed by atoms with Crippen molar-refractivity contribution >= 4 is 28.3 Å². The molecule has 0 radical (unpaired) electrons. The summed E-state index contributed by atoms with van der Waals surface area (Å²) in [5, 5.41) is 20.0. The van der Waals surface area contributed by atoms with E-state index in [-0.39, 0.29) is 5.95 Å². The van der Waals surface area contributed by atoms with Gasteiger partial charge in [0.15, 0.2) is 0 Å². The lowest BCUT2D eigenvalue weighted by Gasteiger charge is -2.24. The summed E-state index contributed by atoms with van der Waals surface area (Å²) in [5.41, 5.74) is 0.443. The van der Waals surface area contributed by atoms with Gasteiger partial charge >= 0.3 is 0 Å². The average Bonchev–Trinajstić information content (AvgIpc) is 3.09. The number of H-pyrrole nitrogens is 1. The Labute approximate surface area is 166 Å². The van der Waals surface area contributed by atoms with E-state index in [0.29, 0.717) is 15.9 Å². The van der Waals surface area contributed by atoms with E-state index in [4.69, 9.17) is 9.47 Å². The third kappa shape index (κ3) is 3.89. The minimum absolute atomic E-state index is 0.305. The maximum atomic E-state index is 13.1. The summed E-state index contributed by atoms with van der Waals surface area (Å²) >= 11 is -1.87. The predicted octanol–water partition coefficient (Wildman–Crippen LogP) is 1.22. The second-order valence-corrected chi connectivity index (χ2v) is 7.02. The molecule has 0 aliphatic rings. The fraction of sp³-hybridized carbons (Fsp3) is 0.312. The van der Waals surface area contributed by atoms with Crippen LogP contribution in [0.5, 0.6) is 11.8 Å². The van der Waals surface area contributed by atoms with Crippen molar-refractivity contribution in [1.29, 1.82) is 0 Å². The maximum absolute atomic E-state index is 13.1. The molecule has 1 atom stereocenters. The molecule has 1 unspecified atom stereocenters. The summed E-state index contributed by atoms with van der Waals surface area (Å²) in [6.07, 6.45) is -2.10. The van der Waals surface area contributed by atoms with Crippen molar-refractivity contribution < 1.29 is 33.0 Å². The monoisotopic (exact) mass is 429 g/mol. The normalized spacial score (nSPS) is 13.0. The van der Waals surface area contributed by atoms with Crippen LogP contribution in [0.4, 0.5) is 14.7 Å². The van der Waals surface area contributed by atoms with Crippen LogP contribution in [-0.2, 0) is 17.1 Å². The topological polar surface area (TPSA) is 148 Å². The number of nitrogens with zero attached hydrogens (tertiary/aromatic N) is 3. The molecule has 0 aromatic carbocycles. The quantitative estimate of drug-likeness (QED) is 0.321. The molecule has 13 heteroatoms. The first-order valence-electron chi connectivity index (χ1n) is 8.05. The smallest absolute Gasteiger partial charge is 0.296 e. The number of aromatic nitrogens is 4. The van der Waals surface area contributed by atoms with Gasteiger partial charge in [-0.2, -0.15) is 14.7 Å². The Hall–Kier alpha value is -2.74. The van der Waals surface area contributed by atoms with Gasteiger partial charge in [0.2, 0.25) is 16.7 Å². The molecule has 0 aliphatic carbocycles. The van der Waals surface area contributed by atoms with E-state index in [1.54, 1.807) is 12.1 Å². The standard InChI is InChI=1S/C16H17F2N5O5S/c1-7-4-5-8-9(6-19-11(8)20-7)29(26)23-15-21-12(27-2)10(13(22-15)28-3)16(24,25)14(17)18/h4-6,14,24-25H,1-3H3,(H,19,20)(H,21,22,23). The third-order valence-corrected chi connectivity index (χ3v) is 5.03. The zero-order chi connectivity index (χ0) is 21.3. The molecule has 0 spiro atoms. The molecule has 3 rings (SSSR count). The Morgan fingerprint density at radius 2 is 1.79 bits per heavy atom. The second kappa shape index (κ2) is 7.94. The van der Waals surface area contributed by atoms with E-state index in [1.165, 1.54) is 6.20 Å². The Morgan fingerprint density at radius 1 is 1.17 bits per heavy atom. The predicted molar refractivity (Wildman–Crippen MR) is 98.1 cm³/mol. The molecule has 4 N–H and O–H groups in total. The van der Waals surface area contributed by atoms with Gasteiger partial charge in [-0.15, -0.1) is 0 Å². The maximum Gasteiger partial charge on any atom is 0.296 e. The molecule has 3 heterocycles. The van der Waals surface area contributed by atoms with Crippen molar-refractivity contribution in [3.05, 3.63) is 29.6 Å². The Bertz CT molecular complexity index is 1010. The molecule has 0 bridgehead atoms. The van der Waals surface area contributed by atoms with Gasteiger partial charge in [0.1, 0.15) is 22.6 Å². The van der Waals surface area contributed by atoms with Gasteiger partial charge in [-0.05, 0) is 19.1 Å². The van der Waals surface area contributed by atoms with E-state index >= 15 is 0 Å². The number of anilines is 1. The molecular weight excluding hydrogens is 412 g/mol. The van der Waals surface area contributed by atoms with E-state index in [1.807, 2.05) is 6.92 Å². The van der Waals surface area contributed by atoms with Crippen molar-refractivity contribution in [3.63, 3.8) is 0 Å². The largest absolute Gasteiger partial charge is 0.588 e. The van der Waals surface area contributed by atoms with Crippen LogP contribution < -0.4 is 14.2 Å². The van der Waals surface area contributed by atoms with Crippen LogP contribution in [0, 0.1) is 6.92 Å². The molecule has 0 saturated carbocycles. The van der Waals surface area contributed by atoms with Crippen LogP contribution in [0.2, 0.25) is 0 Å². The first-order chi connectivity index (χ1) is 13.7. The third-order valence-electron chi connectivity index (χ3n) is 3.93. The first-order valence-corrected chi connectivity index (χ1v) is 9.20. The van der Waals surface area contributed by atoms with E-state index in [2.05, 4.69) is 24.7 Å². The van der Waals surface area contributed by atoms with Gasteiger partial charge in [-0.1, -0.05) is 0 Å². The van der Waals surface area contributed by atoms with Crippen molar-refractivity contribution in [2.75, 3.05) is 18.9 Å². The van der Waals surface area contributed by atoms with Crippen LogP contribution >= 0.6 is 0 Å². The number of rotatable bonds is 7. The van der Waals surface area contributed by atoms with E-state index in [9.17, 15) is 23.5 Å². The number of alkyl halides is 2. The molecule has 0 amide bonds. The molecule has 0 saturated heterocycles. The summed E-state index contributed by atoms with van der Waals surface area (Å²) in [6.45, 7) is 1.81. The molecule has 3 aromatic heterocycles. The number of pyridine rings is 1.